The number of anilines is 1. The minimum atomic E-state index is -3.68. The molecule has 0 amide bonds. The molecule has 0 spiro atoms. The fourth-order valence-corrected chi connectivity index (χ4v) is 3.18. The number of hydrogen-bond donors (Lipinski definition) is 2. The third kappa shape index (κ3) is 2.90. The third-order valence-electron chi connectivity index (χ3n) is 2.50. The first-order valence-electron chi connectivity index (χ1n) is 5.30. The molecule has 1 heterocycles. The van der Waals surface area contributed by atoms with E-state index in [2.05, 4.69) is 30.8 Å². The molecule has 0 radical (unpaired) electrons. The molecule has 2 N–H and O–H groups in total. The molecule has 1 aromatic heterocycles. The second-order valence-corrected chi connectivity index (χ2v) is 6.44. The standard InChI is InChI=1S/C11H12BrN3O3S/c1-7-3-8(12)4-10(18-2)11(7)15-19(16,17)9-5-13-14-6-9/h3-6,15H,1-2H3,(H,13,14). The number of hydrogen-bond acceptors (Lipinski definition) is 4. The highest BCUT2D eigenvalue weighted by molar-refractivity contribution is 9.10. The largest absolute Gasteiger partial charge is 0.495 e. The lowest BCUT2D eigenvalue weighted by Gasteiger charge is -2.14. The van der Waals surface area contributed by atoms with Gasteiger partial charge in [-0.15, -0.1) is 0 Å². The van der Waals surface area contributed by atoms with Crippen LogP contribution in [-0.2, 0) is 10.0 Å². The first-order valence-corrected chi connectivity index (χ1v) is 7.57. The number of halogens is 1. The minimum Gasteiger partial charge on any atom is -0.495 e. The Labute approximate surface area is 119 Å². The highest BCUT2D eigenvalue weighted by atomic mass is 79.9. The molecule has 0 unspecified atom stereocenters. The first kappa shape index (κ1) is 13.9. The summed E-state index contributed by atoms with van der Waals surface area (Å²) in [5, 5.41) is 6.09. The summed E-state index contributed by atoms with van der Waals surface area (Å²) in [7, 11) is -2.19. The van der Waals surface area contributed by atoms with Gasteiger partial charge in [0.25, 0.3) is 10.0 Å². The van der Waals surface area contributed by atoms with Crippen LogP contribution in [0.1, 0.15) is 5.56 Å². The molecule has 0 aliphatic rings. The second-order valence-electron chi connectivity index (χ2n) is 3.84. The van der Waals surface area contributed by atoms with Crippen LogP contribution in [-0.4, -0.2) is 25.7 Å². The van der Waals surface area contributed by atoms with Crippen LogP contribution in [0.2, 0.25) is 0 Å². The molecule has 0 atom stereocenters. The van der Waals surface area contributed by atoms with E-state index in [0.29, 0.717) is 11.4 Å². The number of ether oxygens (including phenoxy) is 1. The lowest BCUT2D eigenvalue weighted by Crippen LogP contribution is -2.14. The number of methoxy groups -OCH3 is 1. The molecular formula is C11H12BrN3O3S. The van der Waals surface area contributed by atoms with E-state index in [-0.39, 0.29) is 4.90 Å². The van der Waals surface area contributed by atoms with Crippen LogP contribution in [0, 0.1) is 6.92 Å². The smallest absolute Gasteiger partial charge is 0.265 e. The van der Waals surface area contributed by atoms with Gasteiger partial charge in [0.2, 0.25) is 0 Å². The maximum absolute atomic E-state index is 12.1. The van der Waals surface area contributed by atoms with Crippen LogP contribution in [0.25, 0.3) is 0 Å². The monoisotopic (exact) mass is 345 g/mol. The Kier molecular flexibility index (Phi) is 3.81. The molecule has 0 saturated carbocycles. The average molecular weight is 346 g/mol. The van der Waals surface area contributed by atoms with Crippen LogP contribution in [0.4, 0.5) is 5.69 Å². The van der Waals surface area contributed by atoms with Gasteiger partial charge in [-0.3, -0.25) is 9.82 Å². The fourth-order valence-electron chi connectivity index (χ4n) is 1.58. The van der Waals surface area contributed by atoms with Crippen molar-refractivity contribution < 1.29 is 13.2 Å². The van der Waals surface area contributed by atoms with E-state index in [1.807, 2.05) is 0 Å². The molecule has 0 aliphatic heterocycles. The highest BCUT2D eigenvalue weighted by Crippen LogP contribution is 2.33. The first-order chi connectivity index (χ1) is 8.94. The van der Waals surface area contributed by atoms with Crippen LogP contribution in [0.5, 0.6) is 5.75 Å². The second kappa shape index (κ2) is 5.22. The summed E-state index contributed by atoms with van der Waals surface area (Å²) in [6.45, 7) is 1.79. The SMILES string of the molecule is COc1cc(Br)cc(C)c1NS(=O)(=O)c1cn[nH]c1. The summed E-state index contributed by atoms with van der Waals surface area (Å²) in [6.07, 6.45) is 2.55. The maximum atomic E-state index is 12.1. The molecule has 0 saturated heterocycles. The van der Waals surface area contributed by atoms with Gasteiger partial charge in [0.05, 0.1) is 19.0 Å². The van der Waals surface area contributed by atoms with Gasteiger partial charge in [-0.2, -0.15) is 5.10 Å². The third-order valence-corrected chi connectivity index (χ3v) is 4.28. The lowest BCUT2D eigenvalue weighted by atomic mass is 10.2. The van der Waals surface area contributed by atoms with Crippen LogP contribution >= 0.6 is 15.9 Å². The molecule has 6 nitrogen and oxygen atoms in total. The molecule has 0 bridgehead atoms. The summed E-state index contributed by atoms with van der Waals surface area (Å²) in [4.78, 5) is 0.0665. The van der Waals surface area contributed by atoms with Crippen LogP contribution < -0.4 is 9.46 Å². The zero-order valence-corrected chi connectivity index (χ0v) is 12.7. The summed E-state index contributed by atoms with van der Waals surface area (Å²) >= 11 is 3.33. The molecule has 2 aromatic rings. The van der Waals surface area contributed by atoms with Gasteiger partial charge >= 0.3 is 0 Å². The Morgan fingerprint density at radius 2 is 2.16 bits per heavy atom. The van der Waals surface area contributed by atoms with Gasteiger partial charge in [0.15, 0.2) is 0 Å². The van der Waals surface area contributed by atoms with Crippen molar-refractivity contribution in [2.45, 2.75) is 11.8 Å². The zero-order chi connectivity index (χ0) is 14.0. The van der Waals surface area contributed by atoms with E-state index in [1.54, 1.807) is 19.1 Å². The van der Waals surface area contributed by atoms with Gasteiger partial charge in [-0.05, 0) is 24.6 Å². The van der Waals surface area contributed by atoms with Crippen molar-refractivity contribution in [3.63, 3.8) is 0 Å². The van der Waals surface area contributed by atoms with E-state index in [9.17, 15) is 8.42 Å². The quantitative estimate of drug-likeness (QED) is 0.890. The lowest BCUT2D eigenvalue weighted by molar-refractivity contribution is 0.416. The van der Waals surface area contributed by atoms with Crippen LogP contribution in [0.15, 0.2) is 33.9 Å². The minimum absolute atomic E-state index is 0.0665. The average Bonchev–Trinajstić information content (AvgIpc) is 2.86. The molecule has 2 rings (SSSR count). The van der Waals surface area contributed by atoms with E-state index in [0.717, 1.165) is 10.0 Å². The van der Waals surface area contributed by atoms with Crippen molar-refractivity contribution in [2.24, 2.45) is 0 Å². The number of nitrogens with one attached hydrogen (secondary N) is 2. The Hall–Kier alpha value is -1.54. The predicted octanol–water partition coefficient (Wildman–Crippen LogP) is 2.29. The Morgan fingerprint density at radius 1 is 1.42 bits per heavy atom. The van der Waals surface area contributed by atoms with Crippen molar-refractivity contribution >= 4 is 31.6 Å². The van der Waals surface area contributed by atoms with Crippen molar-refractivity contribution in [2.75, 3.05) is 11.8 Å². The van der Waals surface area contributed by atoms with Gasteiger partial charge in [0.1, 0.15) is 10.6 Å². The molecule has 102 valence electrons. The molecule has 0 aliphatic carbocycles. The summed E-state index contributed by atoms with van der Waals surface area (Å²) in [5.74, 6) is 0.443. The summed E-state index contributed by atoms with van der Waals surface area (Å²) < 4.78 is 32.8. The highest BCUT2D eigenvalue weighted by Gasteiger charge is 2.19. The Balaban J connectivity index is 2.45. The van der Waals surface area contributed by atoms with Gasteiger partial charge in [-0.1, -0.05) is 15.9 Å². The van der Waals surface area contributed by atoms with E-state index in [1.165, 1.54) is 19.5 Å². The topological polar surface area (TPSA) is 84.1 Å². The van der Waals surface area contributed by atoms with E-state index in [4.69, 9.17) is 4.74 Å². The molecule has 1 aromatic carbocycles. The van der Waals surface area contributed by atoms with Gasteiger partial charge in [-0.25, -0.2) is 8.42 Å². The summed E-state index contributed by atoms with van der Waals surface area (Å²) in [5.41, 5.74) is 1.16. The normalized spacial score (nSPS) is 11.3. The Bertz CT molecular complexity index is 683. The number of sulfonamides is 1. The van der Waals surface area contributed by atoms with Crippen molar-refractivity contribution in [1.82, 2.24) is 10.2 Å². The molecule has 19 heavy (non-hydrogen) atoms. The number of benzene rings is 1. The number of aryl methyl sites for hydroxylation is 1. The number of H-pyrrole nitrogens is 1. The molecular weight excluding hydrogens is 334 g/mol. The van der Waals surface area contributed by atoms with E-state index < -0.39 is 10.0 Å². The molecule has 0 fully saturated rings. The van der Waals surface area contributed by atoms with Crippen molar-refractivity contribution in [3.05, 3.63) is 34.6 Å². The predicted molar refractivity (Wildman–Crippen MR) is 74.8 cm³/mol. The van der Waals surface area contributed by atoms with Crippen molar-refractivity contribution in [1.29, 1.82) is 0 Å². The molecule has 8 heteroatoms. The maximum Gasteiger partial charge on any atom is 0.265 e. The summed E-state index contributed by atoms with van der Waals surface area (Å²) in [6, 6.07) is 3.50. The van der Waals surface area contributed by atoms with E-state index >= 15 is 0 Å². The number of aromatic amines is 1. The van der Waals surface area contributed by atoms with Crippen molar-refractivity contribution in [3.8, 4) is 5.75 Å². The fraction of sp³-hybridized carbons (Fsp3) is 0.182. The van der Waals surface area contributed by atoms with Gasteiger partial charge in [0, 0.05) is 10.7 Å². The number of aromatic nitrogens is 2. The zero-order valence-electron chi connectivity index (χ0n) is 10.3. The number of rotatable bonds is 4. The van der Waals surface area contributed by atoms with Crippen LogP contribution in [0.3, 0.4) is 0 Å². The number of nitrogens with zero attached hydrogens (tertiary/aromatic N) is 1. The Morgan fingerprint density at radius 3 is 2.74 bits per heavy atom. The van der Waals surface area contributed by atoms with Gasteiger partial charge < -0.3 is 4.74 Å².